The van der Waals surface area contributed by atoms with Gasteiger partial charge in [-0.05, 0) is 31.0 Å². The first-order valence-corrected chi connectivity index (χ1v) is 5.05. The minimum atomic E-state index is -0.946. The van der Waals surface area contributed by atoms with Gasteiger partial charge in [0.15, 0.2) is 0 Å². The predicted octanol–water partition coefficient (Wildman–Crippen LogP) is 2.28. The van der Waals surface area contributed by atoms with Gasteiger partial charge in [0.25, 0.3) is 0 Å². The number of carbonyl (C=O) groups is 1. The van der Waals surface area contributed by atoms with E-state index in [-0.39, 0.29) is 6.42 Å². The normalized spacial score (nSPS) is 14.6. The molecule has 0 saturated heterocycles. The summed E-state index contributed by atoms with van der Waals surface area (Å²) in [4.78, 5) is 11.0. The number of halogens is 1. The fourth-order valence-electron chi connectivity index (χ4n) is 1.44. The second-order valence-corrected chi connectivity index (χ2v) is 3.97. The van der Waals surface area contributed by atoms with E-state index in [4.69, 9.17) is 16.7 Å². The van der Waals surface area contributed by atoms with Crippen molar-refractivity contribution in [3.63, 3.8) is 0 Å². The summed E-state index contributed by atoms with van der Waals surface area (Å²) in [6, 6.07) is 6.71. The molecule has 0 aliphatic carbocycles. The van der Waals surface area contributed by atoms with Crippen molar-refractivity contribution in [3.8, 4) is 0 Å². The molecule has 0 bridgehead atoms. The maximum absolute atomic E-state index is 11.0. The topological polar surface area (TPSA) is 57.5 Å². The average molecular weight is 229 g/mol. The van der Waals surface area contributed by atoms with E-state index in [2.05, 4.69) is 0 Å². The van der Waals surface area contributed by atoms with Crippen LogP contribution < -0.4 is 0 Å². The van der Waals surface area contributed by atoms with Crippen LogP contribution in [0, 0.1) is 0 Å². The number of benzene rings is 1. The summed E-state index contributed by atoms with van der Waals surface area (Å²) in [5.41, 5.74) is 0.621. The monoisotopic (exact) mass is 228 g/mol. The lowest BCUT2D eigenvalue weighted by atomic mass is 9.94. The lowest BCUT2D eigenvalue weighted by Gasteiger charge is -2.14. The van der Waals surface area contributed by atoms with Crippen molar-refractivity contribution >= 4 is 17.6 Å². The second-order valence-electron chi connectivity index (χ2n) is 3.53. The molecule has 0 saturated carbocycles. The van der Waals surface area contributed by atoms with E-state index in [1.807, 2.05) is 0 Å². The molecular formula is C11H13ClO3. The molecule has 0 aromatic heterocycles. The molecule has 0 amide bonds. The molecule has 2 unspecified atom stereocenters. The summed E-state index contributed by atoms with van der Waals surface area (Å²) < 4.78 is 0. The minimum absolute atomic E-state index is 0.190. The highest BCUT2D eigenvalue weighted by Crippen LogP contribution is 2.24. The second kappa shape index (κ2) is 5.14. The Balaban J connectivity index is 2.94. The van der Waals surface area contributed by atoms with Crippen molar-refractivity contribution in [1.29, 1.82) is 0 Å². The van der Waals surface area contributed by atoms with Crippen LogP contribution in [-0.4, -0.2) is 22.3 Å². The quantitative estimate of drug-likeness (QED) is 0.831. The molecular weight excluding hydrogens is 216 g/mol. The Morgan fingerprint density at radius 2 is 2.20 bits per heavy atom. The zero-order valence-electron chi connectivity index (χ0n) is 8.35. The van der Waals surface area contributed by atoms with E-state index in [1.54, 1.807) is 31.2 Å². The number of aliphatic hydroxyl groups excluding tert-OH is 1. The van der Waals surface area contributed by atoms with Crippen LogP contribution in [0.15, 0.2) is 24.3 Å². The lowest BCUT2D eigenvalue weighted by molar-refractivity contribution is -0.139. The number of hydrogen-bond acceptors (Lipinski definition) is 2. The zero-order chi connectivity index (χ0) is 11.4. The summed E-state index contributed by atoms with van der Waals surface area (Å²) in [6.45, 7) is 1.57. The molecule has 3 nitrogen and oxygen atoms in total. The summed E-state index contributed by atoms with van der Waals surface area (Å²) in [6.07, 6.45) is -0.458. The Kier molecular flexibility index (Phi) is 4.12. The van der Waals surface area contributed by atoms with Crippen molar-refractivity contribution in [2.75, 3.05) is 0 Å². The smallest absolute Gasteiger partial charge is 0.311 e. The lowest BCUT2D eigenvalue weighted by Crippen LogP contribution is -2.17. The first-order chi connectivity index (χ1) is 7.00. The van der Waals surface area contributed by atoms with E-state index in [9.17, 15) is 9.90 Å². The average Bonchev–Trinajstić information content (AvgIpc) is 2.13. The van der Waals surface area contributed by atoms with Crippen molar-refractivity contribution in [2.24, 2.45) is 0 Å². The van der Waals surface area contributed by atoms with Crippen LogP contribution >= 0.6 is 11.6 Å². The standard InChI is InChI=1S/C11H13ClO3/c1-7(13)5-10(11(14)15)8-3-2-4-9(12)6-8/h2-4,6-7,10,13H,5H2,1H3,(H,14,15). The third-order valence-corrected chi connectivity index (χ3v) is 2.36. The first-order valence-electron chi connectivity index (χ1n) is 4.67. The van der Waals surface area contributed by atoms with Gasteiger partial charge in [0.2, 0.25) is 0 Å². The molecule has 4 heteroatoms. The SMILES string of the molecule is CC(O)CC(C(=O)O)c1cccc(Cl)c1. The molecule has 0 aliphatic rings. The van der Waals surface area contributed by atoms with E-state index < -0.39 is 18.0 Å². The fourth-order valence-corrected chi connectivity index (χ4v) is 1.64. The number of carboxylic acids is 1. The minimum Gasteiger partial charge on any atom is -0.481 e. The Morgan fingerprint density at radius 3 is 2.67 bits per heavy atom. The molecule has 1 aromatic rings. The number of aliphatic carboxylic acids is 1. The van der Waals surface area contributed by atoms with Crippen molar-refractivity contribution in [3.05, 3.63) is 34.9 Å². The Morgan fingerprint density at radius 1 is 1.53 bits per heavy atom. The molecule has 0 heterocycles. The molecule has 15 heavy (non-hydrogen) atoms. The molecule has 82 valence electrons. The summed E-state index contributed by atoms with van der Waals surface area (Å²) in [7, 11) is 0. The fraction of sp³-hybridized carbons (Fsp3) is 0.364. The van der Waals surface area contributed by atoms with Gasteiger partial charge in [0.05, 0.1) is 12.0 Å². The number of carboxylic acid groups (broad SMARTS) is 1. The third kappa shape index (κ3) is 3.53. The van der Waals surface area contributed by atoms with Gasteiger partial charge in [-0.1, -0.05) is 23.7 Å². The van der Waals surface area contributed by atoms with E-state index in [0.717, 1.165) is 0 Å². The number of rotatable bonds is 4. The molecule has 2 atom stereocenters. The predicted molar refractivity (Wildman–Crippen MR) is 58.1 cm³/mol. The van der Waals surface area contributed by atoms with Crippen LogP contribution in [0.4, 0.5) is 0 Å². The molecule has 1 aromatic carbocycles. The van der Waals surface area contributed by atoms with Gasteiger partial charge >= 0.3 is 5.97 Å². The van der Waals surface area contributed by atoms with Crippen LogP contribution in [0.2, 0.25) is 5.02 Å². The molecule has 0 spiro atoms. The van der Waals surface area contributed by atoms with Crippen LogP contribution in [-0.2, 0) is 4.79 Å². The van der Waals surface area contributed by atoms with Gasteiger partial charge in [-0.2, -0.15) is 0 Å². The third-order valence-electron chi connectivity index (χ3n) is 2.13. The maximum atomic E-state index is 11.0. The van der Waals surface area contributed by atoms with Crippen LogP contribution in [0.1, 0.15) is 24.8 Å². The molecule has 0 aliphatic heterocycles. The zero-order valence-corrected chi connectivity index (χ0v) is 9.11. The van der Waals surface area contributed by atoms with Gasteiger partial charge in [0, 0.05) is 5.02 Å². The van der Waals surface area contributed by atoms with Gasteiger partial charge in [-0.25, -0.2) is 0 Å². The summed E-state index contributed by atoms with van der Waals surface area (Å²) >= 11 is 5.77. The molecule has 2 N–H and O–H groups in total. The molecule has 0 fully saturated rings. The van der Waals surface area contributed by atoms with E-state index in [0.29, 0.717) is 10.6 Å². The summed E-state index contributed by atoms with van der Waals surface area (Å²) in [5.74, 6) is -1.65. The Bertz CT molecular complexity index is 349. The van der Waals surface area contributed by atoms with Crippen molar-refractivity contribution < 1.29 is 15.0 Å². The highest BCUT2D eigenvalue weighted by atomic mass is 35.5. The first kappa shape index (κ1) is 12.0. The molecule has 0 radical (unpaired) electrons. The van der Waals surface area contributed by atoms with Gasteiger partial charge < -0.3 is 10.2 Å². The van der Waals surface area contributed by atoms with Crippen molar-refractivity contribution in [1.82, 2.24) is 0 Å². The van der Waals surface area contributed by atoms with Gasteiger partial charge in [0.1, 0.15) is 0 Å². The van der Waals surface area contributed by atoms with Crippen LogP contribution in [0.3, 0.4) is 0 Å². The van der Waals surface area contributed by atoms with Crippen molar-refractivity contribution in [2.45, 2.75) is 25.4 Å². The van der Waals surface area contributed by atoms with Gasteiger partial charge in [-0.15, -0.1) is 0 Å². The van der Waals surface area contributed by atoms with Crippen LogP contribution in [0.5, 0.6) is 0 Å². The largest absolute Gasteiger partial charge is 0.481 e. The molecule has 1 rings (SSSR count). The van der Waals surface area contributed by atoms with E-state index >= 15 is 0 Å². The highest BCUT2D eigenvalue weighted by Gasteiger charge is 2.21. The summed E-state index contributed by atoms with van der Waals surface area (Å²) in [5, 5.41) is 18.7. The number of aliphatic hydroxyl groups is 1. The Hall–Kier alpha value is -1.06. The van der Waals surface area contributed by atoms with Gasteiger partial charge in [-0.3, -0.25) is 4.79 Å². The van der Waals surface area contributed by atoms with Crippen LogP contribution in [0.25, 0.3) is 0 Å². The number of hydrogen-bond donors (Lipinski definition) is 2. The maximum Gasteiger partial charge on any atom is 0.311 e. The van der Waals surface area contributed by atoms with E-state index in [1.165, 1.54) is 0 Å². The highest BCUT2D eigenvalue weighted by molar-refractivity contribution is 6.30. The Labute approximate surface area is 93.3 Å².